The standard InChI is InChI=1S/C55H43BN2S/c1-4-5-17-35-28-29-47(41(30-35)37-20-10-7-11-21-37)57-49-33-42-39-22-12-15-27-51(39)59-52(42)34-46(49)56-53-43(31-38(32-50(53)57)36-18-8-6-9-19-36)40-23-16-25-45-54(40)58(56)48-26-14-13-24-44(48)55(45,2)3/h6-16,18-34H,4-5,17H2,1-3H3. The lowest BCUT2D eigenvalue weighted by Gasteiger charge is -2.51. The predicted molar refractivity (Wildman–Crippen MR) is 255 cm³/mol. The summed E-state index contributed by atoms with van der Waals surface area (Å²) in [4.78, 5) is 5.37. The van der Waals surface area contributed by atoms with Crippen LogP contribution in [0.4, 0.5) is 28.4 Å². The largest absolute Gasteiger partial charge is 0.376 e. The summed E-state index contributed by atoms with van der Waals surface area (Å²) in [7, 11) is 0. The van der Waals surface area contributed by atoms with Crippen molar-refractivity contribution in [2.24, 2.45) is 0 Å². The van der Waals surface area contributed by atoms with Crippen LogP contribution in [-0.4, -0.2) is 6.85 Å². The Morgan fingerprint density at radius 2 is 1.27 bits per heavy atom. The SMILES string of the molecule is CCCCc1ccc(N2c3cc4c(cc3B3c5c(cc(-c6ccccc6)cc52)-c2cccc5c2N3c2ccccc2C5(C)C)sc2ccccc24)c(-c2ccccc2)c1. The molecule has 0 unspecified atom stereocenters. The molecule has 3 aliphatic heterocycles. The van der Waals surface area contributed by atoms with Crippen LogP contribution in [0.15, 0.2) is 170 Å². The third-order valence-corrected chi connectivity index (χ3v) is 14.5. The van der Waals surface area contributed by atoms with E-state index in [1.54, 1.807) is 0 Å². The van der Waals surface area contributed by atoms with Gasteiger partial charge in [0.15, 0.2) is 0 Å². The Morgan fingerprint density at radius 3 is 2.10 bits per heavy atom. The van der Waals surface area contributed by atoms with E-state index in [1.807, 2.05) is 11.3 Å². The van der Waals surface area contributed by atoms with Crippen LogP contribution in [-0.2, 0) is 11.8 Å². The zero-order valence-corrected chi connectivity index (χ0v) is 34.5. The molecular weight excluding hydrogens is 731 g/mol. The minimum absolute atomic E-state index is 0.0411. The first-order chi connectivity index (χ1) is 29.0. The van der Waals surface area contributed by atoms with E-state index in [2.05, 4.69) is 200 Å². The monoisotopic (exact) mass is 774 g/mol. The summed E-state index contributed by atoms with van der Waals surface area (Å²) in [6, 6.07) is 64.6. The molecule has 0 atom stereocenters. The van der Waals surface area contributed by atoms with Crippen molar-refractivity contribution in [2.45, 2.75) is 45.4 Å². The smallest absolute Gasteiger partial charge is 0.333 e. The van der Waals surface area contributed by atoms with E-state index in [0.29, 0.717) is 0 Å². The second kappa shape index (κ2) is 13.1. The van der Waals surface area contributed by atoms with Crippen molar-refractivity contribution in [1.29, 1.82) is 0 Å². The molecule has 3 aliphatic rings. The molecule has 0 amide bonds. The molecule has 1 aromatic heterocycles. The Balaban J connectivity index is 1.25. The number of aryl methyl sites for hydroxylation is 1. The lowest BCUT2D eigenvalue weighted by molar-refractivity contribution is 0.634. The van der Waals surface area contributed by atoms with Gasteiger partial charge in [-0.1, -0.05) is 149 Å². The first-order valence-electron chi connectivity index (χ1n) is 21.2. The second-order valence-corrected chi connectivity index (χ2v) is 18.2. The first kappa shape index (κ1) is 34.7. The molecule has 0 spiro atoms. The highest BCUT2D eigenvalue weighted by Gasteiger charge is 2.50. The van der Waals surface area contributed by atoms with Gasteiger partial charge in [-0.05, 0) is 111 Å². The van der Waals surface area contributed by atoms with Crippen LogP contribution in [0, 0.1) is 0 Å². The van der Waals surface area contributed by atoms with Gasteiger partial charge in [0.25, 0.3) is 0 Å². The van der Waals surface area contributed by atoms with Crippen molar-refractivity contribution in [1.82, 2.24) is 0 Å². The number of thiophene rings is 1. The highest BCUT2D eigenvalue weighted by molar-refractivity contribution is 7.26. The fraction of sp³-hybridized carbons (Fsp3) is 0.127. The summed E-state index contributed by atoms with van der Waals surface area (Å²) < 4.78 is 2.66. The van der Waals surface area contributed by atoms with Gasteiger partial charge < -0.3 is 9.71 Å². The maximum Gasteiger partial charge on any atom is 0.333 e. The van der Waals surface area contributed by atoms with E-state index < -0.39 is 0 Å². The number of anilines is 5. The Morgan fingerprint density at radius 1 is 0.525 bits per heavy atom. The zero-order valence-electron chi connectivity index (χ0n) is 33.7. The van der Waals surface area contributed by atoms with Gasteiger partial charge in [-0.25, -0.2) is 0 Å². The summed E-state index contributed by atoms with van der Waals surface area (Å²) in [5, 5.41) is 2.63. The normalized spacial score (nSPS) is 14.3. The van der Waals surface area contributed by atoms with Crippen LogP contribution in [0.5, 0.6) is 0 Å². The summed E-state index contributed by atoms with van der Waals surface area (Å²) in [5.41, 5.74) is 20.6. The number of nitrogens with zero attached hydrogens (tertiary/aromatic N) is 2. The van der Waals surface area contributed by atoms with Crippen LogP contribution in [0.25, 0.3) is 53.6 Å². The van der Waals surface area contributed by atoms with Crippen LogP contribution in [0.2, 0.25) is 0 Å². The van der Waals surface area contributed by atoms with Crippen molar-refractivity contribution >= 4 is 77.7 Å². The molecule has 0 bridgehead atoms. The number of hydrogen-bond acceptors (Lipinski definition) is 3. The molecule has 59 heavy (non-hydrogen) atoms. The molecule has 0 saturated heterocycles. The van der Waals surface area contributed by atoms with Crippen molar-refractivity contribution in [3.05, 3.63) is 187 Å². The topological polar surface area (TPSA) is 6.48 Å². The number of benzene rings is 8. The van der Waals surface area contributed by atoms with Crippen LogP contribution in [0.1, 0.15) is 50.3 Å². The third kappa shape index (κ3) is 5.06. The van der Waals surface area contributed by atoms with Crippen LogP contribution in [0.3, 0.4) is 0 Å². The molecule has 282 valence electrons. The van der Waals surface area contributed by atoms with Gasteiger partial charge in [0.1, 0.15) is 0 Å². The fourth-order valence-electron chi connectivity index (χ4n) is 10.6. The lowest BCUT2D eigenvalue weighted by atomic mass is 9.42. The third-order valence-electron chi connectivity index (χ3n) is 13.4. The zero-order chi connectivity index (χ0) is 39.4. The minimum atomic E-state index is -0.168. The van der Waals surface area contributed by atoms with E-state index in [-0.39, 0.29) is 12.3 Å². The van der Waals surface area contributed by atoms with E-state index >= 15 is 0 Å². The molecule has 8 aromatic carbocycles. The van der Waals surface area contributed by atoms with Crippen molar-refractivity contribution in [3.8, 4) is 33.4 Å². The Bertz CT molecular complexity index is 3150. The number of rotatable bonds is 6. The second-order valence-electron chi connectivity index (χ2n) is 17.1. The van der Waals surface area contributed by atoms with Crippen molar-refractivity contribution in [2.75, 3.05) is 9.71 Å². The molecule has 9 aromatic rings. The Hall–Kier alpha value is -6.36. The molecule has 12 rings (SSSR count). The highest BCUT2D eigenvalue weighted by atomic mass is 32.1. The Labute approximate surface area is 351 Å². The first-order valence-corrected chi connectivity index (χ1v) is 22.0. The minimum Gasteiger partial charge on any atom is -0.376 e. The summed E-state index contributed by atoms with van der Waals surface area (Å²) >= 11 is 1.92. The van der Waals surface area contributed by atoms with Gasteiger partial charge >= 0.3 is 6.85 Å². The maximum absolute atomic E-state index is 2.72. The number of hydrogen-bond donors (Lipinski definition) is 0. The van der Waals surface area contributed by atoms with Gasteiger partial charge in [-0.3, -0.25) is 0 Å². The van der Waals surface area contributed by atoms with E-state index in [4.69, 9.17) is 0 Å². The Kier molecular flexibility index (Phi) is 7.68. The summed E-state index contributed by atoms with van der Waals surface area (Å²) in [5.74, 6) is 0. The van der Waals surface area contributed by atoms with E-state index in [1.165, 1.54) is 122 Å². The molecule has 0 N–H and O–H groups in total. The molecule has 0 radical (unpaired) electrons. The quantitative estimate of drug-likeness (QED) is 0.155. The molecule has 0 fully saturated rings. The van der Waals surface area contributed by atoms with E-state index in [9.17, 15) is 0 Å². The number of para-hydroxylation sites is 2. The lowest BCUT2D eigenvalue weighted by Crippen LogP contribution is -2.63. The molecule has 2 nitrogen and oxygen atoms in total. The van der Waals surface area contributed by atoms with E-state index in [0.717, 1.165) is 6.42 Å². The molecule has 0 aliphatic carbocycles. The summed E-state index contributed by atoms with van der Waals surface area (Å²) in [6.45, 7) is 7.06. The van der Waals surface area contributed by atoms with Crippen molar-refractivity contribution in [3.63, 3.8) is 0 Å². The predicted octanol–water partition coefficient (Wildman–Crippen LogP) is 14.1. The van der Waals surface area contributed by atoms with Crippen LogP contribution >= 0.6 is 11.3 Å². The van der Waals surface area contributed by atoms with Gasteiger partial charge in [0, 0.05) is 59.5 Å². The number of fused-ring (bicyclic) bond motifs is 9. The highest BCUT2D eigenvalue weighted by Crippen LogP contribution is 2.57. The average molecular weight is 775 g/mol. The van der Waals surface area contributed by atoms with Gasteiger partial charge in [-0.2, -0.15) is 0 Å². The fourth-order valence-corrected chi connectivity index (χ4v) is 11.7. The van der Waals surface area contributed by atoms with Gasteiger partial charge in [0.05, 0.1) is 5.69 Å². The average Bonchev–Trinajstić information content (AvgIpc) is 3.65. The van der Waals surface area contributed by atoms with Crippen molar-refractivity contribution < 1.29 is 0 Å². The molecule has 0 saturated carbocycles. The van der Waals surface area contributed by atoms with Crippen LogP contribution < -0.4 is 20.6 Å². The van der Waals surface area contributed by atoms with Gasteiger partial charge in [-0.15, -0.1) is 11.3 Å². The maximum atomic E-state index is 2.72. The molecule has 4 heterocycles. The molecular formula is C55H43BN2S. The number of unbranched alkanes of at least 4 members (excludes halogenated alkanes) is 1. The van der Waals surface area contributed by atoms with Gasteiger partial charge in [0.2, 0.25) is 0 Å². The molecule has 4 heteroatoms. The summed E-state index contributed by atoms with van der Waals surface area (Å²) in [6.07, 6.45) is 3.42.